The quantitative estimate of drug-likeness (QED) is 0.419. The first-order valence-corrected chi connectivity index (χ1v) is 6.43. The molecule has 2 N–H and O–H groups in total. The molecule has 0 heterocycles. The Morgan fingerprint density at radius 1 is 0.500 bits per heavy atom. The van der Waals surface area contributed by atoms with Crippen LogP contribution in [0.3, 0.4) is 0 Å². The van der Waals surface area contributed by atoms with Gasteiger partial charge in [-0.2, -0.15) is 0 Å². The second-order valence-corrected chi connectivity index (χ2v) is 3.96. The Kier molecular flexibility index (Phi) is 13.9. The molecule has 0 aromatic rings. The van der Waals surface area contributed by atoms with Crippen molar-refractivity contribution in [2.75, 3.05) is 13.2 Å². The molecule has 0 aliphatic carbocycles. The monoisotopic (exact) mass is 226 g/mol. The summed E-state index contributed by atoms with van der Waals surface area (Å²) in [4.78, 5) is 0. The van der Waals surface area contributed by atoms with Gasteiger partial charge in [-0.1, -0.05) is 24.3 Å². The molecular formula is C14H26O2. The molecule has 0 fully saturated rings. The van der Waals surface area contributed by atoms with E-state index in [9.17, 15) is 0 Å². The third kappa shape index (κ3) is 13.4. The molecular weight excluding hydrogens is 200 g/mol. The van der Waals surface area contributed by atoms with Gasteiger partial charge >= 0.3 is 0 Å². The summed E-state index contributed by atoms with van der Waals surface area (Å²) in [5.41, 5.74) is 0. The molecule has 0 aromatic carbocycles. The highest BCUT2D eigenvalue weighted by molar-refractivity contribution is 4.87. The molecule has 0 aliphatic heterocycles. The topological polar surface area (TPSA) is 40.5 Å². The molecule has 2 nitrogen and oxygen atoms in total. The fraction of sp³-hybridized carbons (Fsp3) is 0.714. The largest absolute Gasteiger partial charge is 0.396 e. The van der Waals surface area contributed by atoms with E-state index in [-0.39, 0.29) is 0 Å². The normalized spacial score (nSPS) is 11.9. The molecule has 0 radical (unpaired) electrons. The van der Waals surface area contributed by atoms with E-state index in [0.717, 1.165) is 51.4 Å². The summed E-state index contributed by atoms with van der Waals surface area (Å²) >= 11 is 0. The first-order chi connectivity index (χ1) is 7.91. The molecule has 0 unspecified atom stereocenters. The molecule has 16 heavy (non-hydrogen) atoms. The summed E-state index contributed by atoms with van der Waals surface area (Å²) in [5, 5.41) is 17.2. The average molecular weight is 226 g/mol. The zero-order chi connectivity index (χ0) is 11.9. The lowest BCUT2D eigenvalue weighted by Gasteiger charge is -1.92. The van der Waals surface area contributed by atoms with Gasteiger partial charge in [-0.15, -0.1) is 0 Å². The van der Waals surface area contributed by atoms with Crippen molar-refractivity contribution in [2.24, 2.45) is 0 Å². The second kappa shape index (κ2) is 14.4. The second-order valence-electron chi connectivity index (χ2n) is 3.96. The number of unbranched alkanes of at least 4 members (excludes halogenated alkanes) is 5. The van der Waals surface area contributed by atoms with Gasteiger partial charge in [0.1, 0.15) is 0 Å². The van der Waals surface area contributed by atoms with Crippen LogP contribution in [0.25, 0.3) is 0 Å². The Bertz CT molecular complexity index is 154. The highest BCUT2D eigenvalue weighted by Gasteiger charge is 1.83. The van der Waals surface area contributed by atoms with Crippen LogP contribution in [-0.4, -0.2) is 23.4 Å². The summed E-state index contributed by atoms with van der Waals surface area (Å²) in [6.07, 6.45) is 17.2. The molecule has 0 aromatic heterocycles. The summed E-state index contributed by atoms with van der Waals surface area (Å²) in [5.74, 6) is 0. The third-order valence-electron chi connectivity index (χ3n) is 2.39. The van der Waals surface area contributed by atoms with Gasteiger partial charge in [0.05, 0.1) is 0 Å². The van der Waals surface area contributed by atoms with Crippen LogP contribution in [0.1, 0.15) is 51.4 Å². The van der Waals surface area contributed by atoms with Gasteiger partial charge in [-0.05, 0) is 51.4 Å². The summed E-state index contributed by atoms with van der Waals surface area (Å²) < 4.78 is 0. The van der Waals surface area contributed by atoms with Crippen molar-refractivity contribution in [3.8, 4) is 0 Å². The van der Waals surface area contributed by atoms with Crippen molar-refractivity contribution in [3.63, 3.8) is 0 Å². The first-order valence-electron chi connectivity index (χ1n) is 6.43. The zero-order valence-electron chi connectivity index (χ0n) is 10.3. The van der Waals surface area contributed by atoms with E-state index in [1.807, 2.05) is 0 Å². The van der Waals surface area contributed by atoms with Gasteiger partial charge in [-0.25, -0.2) is 0 Å². The number of rotatable bonds is 11. The standard InChI is InChI=1S/C14H26O2/c15-13-11-9-7-5-3-1-2-4-6-8-10-12-14-16/h3-6,15-16H,1-2,7-14H2/b5-3-,6-4-. The van der Waals surface area contributed by atoms with Gasteiger partial charge < -0.3 is 10.2 Å². The number of allylic oxidation sites excluding steroid dienone is 4. The number of aliphatic hydroxyl groups is 2. The van der Waals surface area contributed by atoms with E-state index in [0.29, 0.717) is 13.2 Å². The Labute approximate surface area is 99.7 Å². The van der Waals surface area contributed by atoms with E-state index < -0.39 is 0 Å². The lowest BCUT2D eigenvalue weighted by molar-refractivity contribution is 0.284. The maximum absolute atomic E-state index is 8.58. The molecule has 0 saturated carbocycles. The van der Waals surface area contributed by atoms with E-state index in [2.05, 4.69) is 24.3 Å². The van der Waals surface area contributed by atoms with Crippen LogP contribution in [0.15, 0.2) is 24.3 Å². The SMILES string of the molecule is OCCCC/C=C\CC/C=C\CCCCO. The van der Waals surface area contributed by atoms with Gasteiger partial charge in [0.2, 0.25) is 0 Å². The van der Waals surface area contributed by atoms with Crippen molar-refractivity contribution in [1.29, 1.82) is 0 Å². The van der Waals surface area contributed by atoms with Crippen LogP contribution in [0, 0.1) is 0 Å². The van der Waals surface area contributed by atoms with Crippen LogP contribution in [0.5, 0.6) is 0 Å². The van der Waals surface area contributed by atoms with E-state index in [1.165, 1.54) is 0 Å². The molecule has 0 bridgehead atoms. The van der Waals surface area contributed by atoms with Gasteiger partial charge in [0, 0.05) is 13.2 Å². The zero-order valence-corrected chi connectivity index (χ0v) is 10.3. The minimum Gasteiger partial charge on any atom is -0.396 e. The maximum Gasteiger partial charge on any atom is 0.0431 e. The van der Waals surface area contributed by atoms with Crippen LogP contribution < -0.4 is 0 Å². The first kappa shape index (κ1) is 15.4. The maximum atomic E-state index is 8.58. The molecule has 0 rings (SSSR count). The van der Waals surface area contributed by atoms with Crippen LogP contribution >= 0.6 is 0 Å². The number of aliphatic hydroxyl groups excluding tert-OH is 2. The average Bonchev–Trinajstić information content (AvgIpc) is 2.31. The van der Waals surface area contributed by atoms with E-state index in [4.69, 9.17) is 10.2 Å². The van der Waals surface area contributed by atoms with Crippen molar-refractivity contribution in [3.05, 3.63) is 24.3 Å². The summed E-state index contributed by atoms with van der Waals surface area (Å²) in [7, 11) is 0. The van der Waals surface area contributed by atoms with E-state index >= 15 is 0 Å². The molecule has 0 saturated heterocycles. The Hall–Kier alpha value is -0.600. The highest BCUT2D eigenvalue weighted by Crippen LogP contribution is 2.01. The summed E-state index contributed by atoms with van der Waals surface area (Å²) in [6.45, 7) is 0.620. The summed E-state index contributed by atoms with van der Waals surface area (Å²) in [6, 6.07) is 0. The smallest absolute Gasteiger partial charge is 0.0431 e. The van der Waals surface area contributed by atoms with Crippen LogP contribution in [0.2, 0.25) is 0 Å². The predicted octanol–water partition coefficient (Wildman–Crippen LogP) is 3.20. The molecule has 0 amide bonds. The Morgan fingerprint density at radius 3 is 1.25 bits per heavy atom. The van der Waals surface area contributed by atoms with Crippen molar-refractivity contribution in [1.82, 2.24) is 0 Å². The van der Waals surface area contributed by atoms with Crippen LogP contribution in [0.4, 0.5) is 0 Å². The lowest BCUT2D eigenvalue weighted by Crippen LogP contribution is -1.80. The molecule has 0 spiro atoms. The van der Waals surface area contributed by atoms with Crippen LogP contribution in [-0.2, 0) is 0 Å². The fourth-order valence-electron chi connectivity index (χ4n) is 1.41. The number of hydrogen-bond acceptors (Lipinski definition) is 2. The van der Waals surface area contributed by atoms with Crippen molar-refractivity contribution < 1.29 is 10.2 Å². The molecule has 0 aliphatic rings. The van der Waals surface area contributed by atoms with Gasteiger partial charge in [-0.3, -0.25) is 0 Å². The molecule has 94 valence electrons. The molecule has 2 heteroatoms. The highest BCUT2D eigenvalue weighted by atomic mass is 16.3. The minimum atomic E-state index is 0.310. The lowest BCUT2D eigenvalue weighted by atomic mass is 10.2. The van der Waals surface area contributed by atoms with Crippen molar-refractivity contribution in [2.45, 2.75) is 51.4 Å². The third-order valence-corrected chi connectivity index (χ3v) is 2.39. The van der Waals surface area contributed by atoms with Crippen molar-refractivity contribution >= 4 is 0 Å². The van der Waals surface area contributed by atoms with E-state index in [1.54, 1.807) is 0 Å². The minimum absolute atomic E-state index is 0.310. The Morgan fingerprint density at radius 2 is 0.875 bits per heavy atom. The predicted molar refractivity (Wildman–Crippen MR) is 69.4 cm³/mol. The Balaban J connectivity index is 3.12. The fourth-order valence-corrected chi connectivity index (χ4v) is 1.41. The van der Waals surface area contributed by atoms with Gasteiger partial charge in [0.15, 0.2) is 0 Å². The van der Waals surface area contributed by atoms with Gasteiger partial charge in [0.25, 0.3) is 0 Å². The molecule has 0 atom stereocenters. The number of hydrogen-bond donors (Lipinski definition) is 2.